The second-order valence-electron chi connectivity index (χ2n) is 13.4. The largest absolute Gasteiger partial charge is 0.453 e. The van der Waals surface area contributed by atoms with Crippen molar-refractivity contribution in [2.45, 2.75) is 60.9 Å². The predicted octanol–water partition coefficient (Wildman–Crippen LogP) is 6.99. The number of methoxy groups -OCH3 is 1. The highest BCUT2D eigenvalue weighted by atomic mass is 32.2. The third-order valence-corrected chi connectivity index (χ3v) is 12.5. The molecule has 53 heavy (non-hydrogen) atoms. The van der Waals surface area contributed by atoms with Crippen molar-refractivity contribution < 1.29 is 36.6 Å². The number of benzene rings is 4. The Morgan fingerprint density at radius 3 is 2.19 bits per heavy atom. The molecule has 2 atom stereocenters. The SMILES string of the molecule is COC(=O)N[C@H](C(=O)Cc1ccccc1CC[C@@H](CO)N(CC1CC(F)(F)C1)S(=O)(=O)c1ccc2ncsc2c1)C(c1ccccc1)c1ccccc1. The van der Waals surface area contributed by atoms with Gasteiger partial charge in [0.2, 0.25) is 15.9 Å². The fraction of sp³-hybridized carbons (Fsp3) is 0.325. The van der Waals surface area contributed by atoms with Gasteiger partial charge < -0.3 is 15.2 Å². The first kappa shape index (κ1) is 38.2. The van der Waals surface area contributed by atoms with Crippen LogP contribution in [0, 0.1) is 5.92 Å². The van der Waals surface area contributed by atoms with E-state index in [-0.39, 0.29) is 36.5 Å². The van der Waals surface area contributed by atoms with Crippen molar-refractivity contribution in [3.05, 3.63) is 131 Å². The smallest absolute Gasteiger partial charge is 0.407 e. The summed E-state index contributed by atoms with van der Waals surface area (Å²) in [6.07, 6.45) is -1.22. The van der Waals surface area contributed by atoms with E-state index >= 15 is 0 Å². The molecule has 1 fully saturated rings. The maximum atomic E-state index is 14.3. The predicted molar refractivity (Wildman–Crippen MR) is 200 cm³/mol. The first-order chi connectivity index (χ1) is 25.5. The van der Waals surface area contributed by atoms with E-state index < -0.39 is 65.4 Å². The van der Waals surface area contributed by atoms with Crippen molar-refractivity contribution in [1.82, 2.24) is 14.6 Å². The van der Waals surface area contributed by atoms with Crippen molar-refractivity contribution in [3.63, 3.8) is 0 Å². The Hall–Kier alpha value is -4.56. The van der Waals surface area contributed by atoms with Crippen molar-refractivity contribution in [3.8, 4) is 0 Å². The number of nitrogens with zero attached hydrogens (tertiary/aromatic N) is 2. The van der Waals surface area contributed by atoms with Gasteiger partial charge in [0.05, 0.1) is 34.3 Å². The van der Waals surface area contributed by atoms with E-state index in [4.69, 9.17) is 4.74 Å². The van der Waals surface area contributed by atoms with Crippen molar-refractivity contribution in [1.29, 1.82) is 0 Å². The summed E-state index contributed by atoms with van der Waals surface area (Å²) >= 11 is 1.29. The van der Waals surface area contributed by atoms with E-state index in [0.29, 0.717) is 15.8 Å². The summed E-state index contributed by atoms with van der Waals surface area (Å²) in [5, 5.41) is 13.4. The van der Waals surface area contributed by atoms with Crippen LogP contribution < -0.4 is 5.32 Å². The van der Waals surface area contributed by atoms with E-state index in [9.17, 15) is 31.9 Å². The molecule has 1 amide bonds. The summed E-state index contributed by atoms with van der Waals surface area (Å²) in [7, 11) is -2.97. The number of hydrogen-bond donors (Lipinski definition) is 2. The maximum absolute atomic E-state index is 14.3. The molecule has 0 unspecified atom stereocenters. The Labute approximate surface area is 311 Å². The third-order valence-electron chi connectivity index (χ3n) is 9.83. The first-order valence-electron chi connectivity index (χ1n) is 17.4. The summed E-state index contributed by atoms with van der Waals surface area (Å²) in [4.78, 5) is 31.2. The monoisotopic (exact) mass is 761 g/mol. The molecule has 0 bridgehead atoms. The number of aliphatic hydroxyl groups excluding tert-OH is 1. The number of hydrogen-bond acceptors (Lipinski definition) is 8. The van der Waals surface area contributed by atoms with Gasteiger partial charge in [0.15, 0.2) is 5.78 Å². The molecule has 4 aromatic carbocycles. The average molecular weight is 762 g/mol. The van der Waals surface area contributed by atoms with Crippen LogP contribution in [0.4, 0.5) is 13.6 Å². The van der Waals surface area contributed by atoms with Gasteiger partial charge in [-0.1, -0.05) is 84.9 Å². The summed E-state index contributed by atoms with van der Waals surface area (Å²) in [5.74, 6) is -4.21. The molecule has 1 aliphatic carbocycles. The standard InChI is InChI=1S/C40H41F2N3O6S2/c1-51-39(48)44-38(37(29-11-4-2-5-12-29)30-13-6-3-7-14-30)35(47)20-31-15-9-8-10-28(31)16-17-32(25-46)45(24-27-22-40(41,42)23-27)53(49,50)33-18-19-34-36(21-33)52-26-43-34/h2-15,18-19,21,26-27,32,37-38,46H,16-17,20,22-25H2,1H3,(H,44,48)/t32-,38+/m0/s1. The van der Waals surface area contributed by atoms with Crippen LogP contribution in [0.25, 0.3) is 10.2 Å². The highest BCUT2D eigenvalue weighted by Gasteiger charge is 2.47. The first-order valence-corrected chi connectivity index (χ1v) is 19.7. The van der Waals surface area contributed by atoms with Crippen LogP contribution in [-0.2, 0) is 32.4 Å². The van der Waals surface area contributed by atoms with Crippen LogP contribution in [0.15, 0.2) is 114 Å². The number of Topliss-reactive ketones (excluding diaryl/α,β-unsaturated/α-hetero) is 1. The number of aryl methyl sites for hydroxylation is 1. The number of rotatable bonds is 16. The lowest BCUT2D eigenvalue weighted by Gasteiger charge is -2.40. The van der Waals surface area contributed by atoms with Gasteiger partial charge in [-0.05, 0) is 59.2 Å². The number of nitrogens with one attached hydrogen (secondary N) is 1. The van der Waals surface area contributed by atoms with E-state index in [1.165, 1.54) is 34.9 Å². The highest BCUT2D eigenvalue weighted by Crippen LogP contribution is 2.43. The number of amides is 1. The summed E-state index contributed by atoms with van der Waals surface area (Å²) in [5.41, 5.74) is 5.35. The second-order valence-corrected chi connectivity index (χ2v) is 16.2. The zero-order valence-corrected chi connectivity index (χ0v) is 30.7. The molecular formula is C40H41F2N3O6S2. The number of alkyl carbamates (subject to hydrolysis) is 1. The molecule has 1 saturated carbocycles. The Balaban J connectivity index is 1.26. The molecule has 278 valence electrons. The van der Waals surface area contributed by atoms with Crippen LogP contribution in [0.2, 0.25) is 0 Å². The van der Waals surface area contributed by atoms with Crippen LogP contribution >= 0.6 is 11.3 Å². The molecule has 1 aliphatic rings. The zero-order chi connectivity index (χ0) is 37.6. The van der Waals surface area contributed by atoms with Gasteiger partial charge in [-0.25, -0.2) is 27.0 Å². The molecular weight excluding hydrogens is 721 g/mol. The third kappa shape index (κ3) is 8.98. The average Bonchev–Trinajstić information content (AvgIpc) is 3.63. The lowest BCUT2D eigenvalue weighted by molar-refractivity contribution is -0.120. The van der Waals surface area contributed by atoms with Gasteiger partial charge in [0.25, 0.3) is 0 Å². The highest BCUT2D eigenvalue weighted by molar-refractivity contribution is 7.89. The Bertz CT molecular complexity index is 2080. The van der Waals surface area contributed by atoms with Gasteiger partial charge in [-0.2, -0.15) is 4.31 Å². The van der Waals surface area contributed by atoms with Crippen LogP contribution in [0.5, 0.6) is 0 Å². The van der Waals surface area contributed by atoms with E-state index in [0.717, 1.165) is 16.7 Å². The summed E-state index contributed by atoms with van der Waals surface area (Å²) in [6.45, 7) is -0.696. The fourth-order valence-electron chi connectivity index (χ4n) is 7.10. The molecule has 2 N–H and O–H groups in total. The Morgan fingerprint density at radius 1 is 0.962 bits per heavy atom. The van der Waals surface area contributed by atoms with Crippen LogP contribution in [0.1, 0.15) is 47.4 Å². The molecule has 0 saturated heterocycles. The van der Waals surface area contributed by atoms with Crippen molar-refractivity contribution in [2.75, 3.05) is 20.3 Å². The summed E-state index contributed by atoms with van der Waals surface area (Å²) < 4.78 is 62.9. The lowest BCUT2D eigenvalue weighted by atomic mass is 9.81. The number of aliphatic hydroxyl groups is 1. The van der Waals surface area contributed by atoms with Crippen molar-refractivity contribution >= 4 is 43.5 Å². The number of carbonyl (C=O) groups is 2. The number of aromatic nitrogens is 1. The molecule has 0 spiro atoms. The number of thiazole rings is 1. The topological polar surface area (TPSA) is 126 Å². The molecule has 1 heterocycles. The summed E-state index contributed by atoms with van der Waals surface area (Å²) in [6, 6.07) is 28.8. The minimum atomic E-state index is -4.21. The number of halogens is 2. The van der Waals surface area contributed by atoms with Gasteiger partial charge in [0.1, 0.15) is 6.04 Å². The quantitative estimate of drug-likeness (QED) is 0.111. The maximum Gasteiger partial charge on any atom is 0.407 e. The normalized spacial score (nSPS) is 15.6. The van der Waals surface area contributed by atoms with Crippen LogP contribution in [-0.4, -0.2) is 73.0 Å². The van der Waals surface area contributed by atoms with Gasteiger partial charge in [-0.15, -0.1) is 11.3 Å². The minimum absolute atomic E-state index is 0.000291. The number of alkyl halides is 2. The number of ether oxygens (including phenoxy) is 1. The van der Waals surface area contributed by atoms with Gasteiger partial charge in [-0.3, -0.25) is 4.79 Å². The zero-order valence-electron chi connectivity index (χ0n) is 29.1. The van der Waals surface area contributed by atoms with Gasteiger partial charge in [0, 0.05) is 37.8 Å². The van der Waals surface area contributed by atoms with Crippen molar-refractivity contribution in [2.24, 2.45) is 5.92 Å². The molecule has 6 rings (SSSR count). The molecule has 9 nitrogen and oxygen atoms in total. The minimum Gasteiger partial charge on any atom is -0.453 e. The number of fused-ring (bicyclic) bond motifs is 1. The fourth-order valence-corrected chi connectivity index (χ4v) is 9.64. The molecule has 0 aliphatic heterocycles. The lowest BCUT2D eigenvalue weighted by Crippen LogP contribution is -2.49. The van der Waals surface area contributed by atoms with E-state index in [1.807, 2.05) is 78.9 Å². The number of carbonyl (C=O) groups excluding carboxylic acids is 2. The Morgan fingerprint density at radius 2 is 1.58 bits per heavy atom. The second kappa shape index (κ2) is 16.6. The molecule has 0 radical (unpaired) electrons. The molecule has 5 aromatic rings. The Kier molecular flexibility index (Phi) is 12.0. The molecule has 1 aromatic heterocycles. The van der Waals surface area contributed by atoms with E-state index in [1.54, 1.807) is 17.6 Å². The van der Waals surface area contributed by atoms with Gasteiger partial charge >= 0.3 is 6.09 Å². The van der Waals surface area contributed by atoms with E-state index in [2.05, 4.69) is 10.3 Å². The molecule has 13 heteroatoms. The number of ketones is 1. The number of sulfonamides is 1. The van der Waals surface area contributed by atoms with Crippen LogP contribution in [0.3, 0.4) is 0 Å².